The number of rotatable bonds is 1. The summed E-state index contributed by atoms with van der Waals surface area (Å²) < 4.78 is 0.668. The van der Waals surface area contributed by atoms with E-state index in [2.05, 4.69) is 28.9 Å². The van der Waals surface area contributed by atoms with Gasteiger partial charge in [0.1, 0.15) is 0 Å². The topological polar surface area (TPSA) is 46.3 Å². The normalized spacial score (nSPS) is 17.1. The van der Waals surface area contributed by atoms with Crippen LogP contribution in [0.5, 0.6) is 0 Å². The molecule has 1 aliphatic heterocycles. The third-order valence-corrected chi connectivity index (χ3v) is 4.57. The van der Waals surface area contributed by atoms with Crippen LogP contribution in [0.3, 0.4) is 0 Å². The minimum atomic E-state index is -0.0124. The van der Waals surface area contributed by atoms with Gasteiger partial charge in [-0.3, -0.25) is 4.79 Å². The Hall–Kier alpha value is -1.81. The Labute approximate surface area is 126 Å². The van der Waals surface area contributed by atoms with Gasteiger partial charge in [0.15, 0.2) is 0 Å². The van der Waals surface area contributed by atoms with E-state index in [1.54, 1.807) is 18.2 Å². The second-order valence-electron chi connectivity index (χ2n) is 5.07. The predicted octanol–water partition coefficient (Wildman–Crippen LogP) is 3.62. The lowest BCUT2D eigenvalue weighted by Crippen LogP contribution is -2.36. The largest absolute Gasteiger partial charge is 0.398 e. The standard InChI is InChI=1S/C16H15BrN2O/c1-10-9-11-5-2-3-8-14(11)19(10)16(20)12-6-4-7-13(18)15(12)17/h2-8,10H,9,18H2,1H3. The molecule has 1 amide bonds. The number of carbonyl (C=O) groups is 1. The van der Waals surface area contributed by atoms with E-state index in [9.17, 15) is 4.79 Å². The number of hydrogen-bond acceptors (Lipinski definition) is 2. The van der Waals surface area contributed by atoms with Gasteiger partial charge < -0.3 is 10.6 Å². The number of nitrogens with zero attached hydrogens (tertiary/aromatic N) is 1. The number of benzene rings is 2. The monoisotopic (exact) mass is 330 g/mol. The van der Waals surface area contributed by atoms with Crippen molar-refractivity contribution >= 4 is 33.2 Å². The van der Waals surface area contributed by atoms with Crippen LogP contribution in [0.15, 0.2) is 46.9 Å². The second kappa shape index (κ2) is 4.94. The number of fused-ring (bicyclic) bond motifs is 1. The fraction of sp³-hybridized carbons (Fsp3) is 0.188. The van der Waals surface area contributed by atoms with Crippen LogP contribution in [0.1, 0.15) is 22.8 Å². The van der Waals surface area contributed by atoms with Gasteiger partial charge in [0.25, 0.3) is 5.91 Å². The van der Waals surface area contributed by atoms with Gasteiger partial charge in [0, 0.05) is 17.4 Å². The molecule has 20 heavy (non-hydrogen) atoms. The zero-order valence-electron chi connectivity index (χ0n) is 11.1. The van der Waals surface area contributed by atoms with Crippen LogP contribution < -0.4 is 10.6 Å². The first kappa shape index (κ1) is 13.2. The van der Waals surface area contributed by atoms with E-state index in [1.807, 2.05) is 23.1 Å². The van der Waals surface area contributed by atoms with E-state index in [1.165, 1.54) is 5.56 Å². The summed E-state index contributed by atoms with van der Waals surface area (Å²) in [4.78, 5) is 14.7. The van der Waals surface area contributed by atoms with Gasteiger partial charge >= 0.3 is 0 Å². The maximum Gasteiger partial charge on any atom is 0.259 e. The number of hydrogen-bond donors (Lipinski definition) is 1. The van der Waals surface area contributed by atoms with Crippen LogP contribution in [-0.2, 0) is 6.42 Å². The van der Waals surface area contributed by atoms with Crippen molar-refractivity contribution in [2.24, 2.45) is 0 Å². The number of anilines is 2. The highest BCUT2D eigenvalue weighted by Crippen LogP contribution is 2.35. The lowest BCUT2D eigenvalue weighted by molar-refractivity contribution is 0.0981. The first-order chi connectivity index (χ1) is 9.59. The summed E-state index contributed by atoms with van der Waals surface area (Å²) in [7, 11) is 0. The van der Waals surface area contributed by atoms with Crippen LogP contribution in [-0.4, -0.2) is 11.9 Å². The molecule has 1 heterocycles. The average Bonchev–Trinajstić information content (AvgIpc) is 2.77. The van der Waals surface area contributed by atoms with Crippen molar-refractivity contribution in [2.45, 2.75) is 19.4 Å². The number of carbonyl (C=O) groups excluding carboxylic acids is 1. The third kappa shape index (κ3) is 2.00. The fourth-order valence-electron chi connectivity index (χ4n) is 2.72. The molecule has 2 aromatic rings. The summed E-state index contributed by atoms with van der Waals surface area (Å²) in [6, 6.07) is 13.6. The zero-order chi connectivity index (χ0) is 14.3. The third-order valence-electron chi connectivity index (χ3n) is 3.69. The molecule has 0 aromatic heterocycles. The molecule has 0 fully saturated rings. The molecule has 3 nitrogen and oxygen atoms in total. The van der Waals surface area contributed by atoms with Crippen molar-refractivity contribution in [2.75, 3.05) is 10.6 Å². The van der Waals surface area contributed by atoms with Crippen molar-refractivity contribution in [1.29, 1.82) is 0 Å². The molecule has 2 N–H and O–H groups in total. The van der Waals surface area contributed by atoms with Gasteiger partial charge in [-0.05, 0) is 53.0 Å². The molecule has 0 spiro atoms. The van der Waals surface area contributed by atoms with Gasteiger partial charge in [0.05, 0.1) is 10.0 Å². The number of nitrogens with two attached hydrogens (primary N) is 1. The Morgan fingerprint density at radius 1 is 1.25 bits per heavy atom. The average molecular weight is 331 g/mol. The summed E-state index contributed by atoms with van der Waals surface area (Å²) in [6.07, 6.45) is 0.891. The molecular weight excluding hydrogens is 316 g/mol. The lowest BCUT2D eigenvalue weighted by atomic mass is 10.1. The second-order valence-corrected chi connectivity index (χ2v) is 5.86. The Balaban J connectivity index is 2.05. The summed E-state index contributed by atoms with van der Waals surface area (Å²) in [5.41, 5.74) is 9.27. The number of nitrogen functional groups attached to an aromatic ring is 1. The van der Waals surface area contributed by atoms with E-state index in [0.29, 0.717) is 15.7 Å². The van der Waals surface area contributed by atoms with E-state index in [4.69, 9.17) is 5.73 Å². The SMILES string of the molecule is CC1Cc2ccccc2N1C(=O)c1cccc(N)c1Br. The van der Waals surface area contributed by atoms with Gasteiger partial charge in [0.2, 0.25) is 0 Å². The molecule has 1 unspecified atom stereocenters. The minimum Gasteiger partial charge on any atom is -0.398 e. The maximum atomic E-state index is 12.8. The number of para-hydroxylation sites is 1. The van der Waals surface area contributed by atoms with E-state index in [-0.39, 0.29) is 11.9 Å². The molecular formula is C16H15BrN2O. The van der Waals surface area contributed by atoms with Crippen LogP contribution in [0, 0.1) is 0 Å². The number of halogens is 1. The molecule has 0 saturated carbocycles. The summed E-state index contributed by atoms with van der Waals surface area (Å²) >= 11 is 3.42. The van der Waals surface area contributed by atoms with Crippen molar-refractivity contribution < 1.29 is 4.79 Å². The van der Waals surface area contributed by atoms with Crippen LogP contribution in [0.25, 0.3) is 0 Å². The zero-order valence-corrected chi connectivity index (χ0v) is 12.7. The van der Waals surface area contributed by atoms with Crippen LogP contribution in [0.4, 0.5) is 11.4 Å². The van der Waals surface area contributed by atoms with Gasteiger partial charge in [-0.2, -0.15) is 0 Å². The van der Waals surface area contributed by atoms with Crippen molar-refractivity contribution in [3.05, 3.63) is 58.1 Å². The van der Waals surface area contributed by atoms with Crippen molar-refractivity contribution in [3.8, 4) is 0 Å². The molecule has 1 aliphatic rings. The molecule has 0 saturated heterocycles. The molecule has 2 aromatic carbocycles. The first-order valence-electron chi connectivity index (χ1n) is 6.55. The molecule has 0 bridgehead atoms. The number of amides is 1. The van der Waals surface area contributed by atoms with Gasteiger partial charge in [-0.1, -0.05) is 24.3 Å². The predicted molar refractivity (Wildman–Crippen MR) is 85.0 cm³/mol. The van der Waals surface area contributed by atoms with Crippen molar-refractivity contribution in [1.82, 2.24) is 0 Å². The Morgan fingerprint density at radius 2 is 2.00 bits per heavy atom. The summed E-state index contributed by atoms with van der Waals surface area (Å²) in [5.74, 6) is -0.0124. The first-order valence-corrected chi connectivity index (χ1v) is 7.34. The quantitative estimate of drug-likeness (QED) is 0.811. The molecule has 1 atom stereocenters. The van der Waals surface area contributed by atoms with Crippen LogP contribution >= 0.6 is 15.9 Å². The van der Waals surface area contributed by atoms with Crippen molar-refractivity contribution in [3.63, 3.8) is 0 Å². The highest BCUT2D eigenvalue weighted by Gasteiger charge is 2.32. The van der Waals surface area contributed by atoms with E-state index in [0.717, 1.165) is 12.1 Å². The molecule has 0 radical (unpaired) electrons. The highest BCUT2D eigenvalue weighted by molar-refractivity contribution is 9.10. The fourth-order valence-corrected chi connectivity index (χ4v) is 3.15. The Morgan fingerprint density at radius 3 is 2.80 bits per heavy atom. The lowest BCUT2D eigenvalue weighted by Gasteiger charge is -2.23. The molecule has 102 valence electrons. The Bertz CT molecular complexity index is 684. The summed E-state index contributed by atoms with van der Waals surface area (Å²) in [6.45, 7) is 2.07. The van der Waals surface area contributed by atoms with Gasteiger partial charge in [-0.15, -0.1) is 0 Å². The van der Waals surface area contributed by atoms with E-state index < -0.39 is 0 Å². The van der Waals surface area contributed by atoms with E-state index >= 15 is 0 Å². The summed E-state index contributed by atoms with van der Waals surface area (Å²) in [5, 5.41) is 0. The molecule has 3 rings (SSSR count). The molecule has 4 heteroatoms. The smallest absolute Gasteiger partial charge is 0.259 e. The highest BCUT2D eigenvalue weighted by atomic mass is 79.9. The molecule has 0 aliphatic carbocycles. The maximum absolute atomic E-state index is 12.8. The Kier molecular flexibility index (Phi) is 3.26. The minimum absolute atomic E-state index is 0.0124. The van der Waals surface area contributed by atoms with Crippen LogP contribution in [0.2, 0.25) is 0 Å². The van der Waals surface area contributed by atoms with Gasteiger partial charge in [-0.25, -0.2) is 0 Å².